The first-order valence-electron chi connectivity index (χ1n) is 9.01. The molecule has 3 rings (SSSR count). The smallest absolute Gasteiger partial charge is 0.222 e. The molecular formula is C18H27N5O2S. The van der Waals surface area contributed by atoms with Crippen LogP contribution in [0.15, 0.2) is 10.9 Å². The summed E-state index contributed by atoms with van der Waals surface area (Å²) in [6, 6.07) is -0.184. The van der Waals surface area contributed by atoms with Gasteiger partial charge in [0, 0.05) is 43.7 Å². The van der Waals surface area contributed by atoms with E-state index in [1.807, 2.05) is 36.3 Å². The molecule has 2 aromatic rings. The van der Waals surface area contributed by atoms with Crippen LogP contribution in [-0.2, 0) is 17.9 Å². The summed E-state index contributed by atoms with van der Waals surface area (Å²) in [4.78, 5) is 18.8. The van der Waals surface area contributed by atoms with Crippen molar-refractivity contribution in [1.82, 2.24) is 25.0 Å². The van der Waals surface area contributed by atoms with Crippen LogP contribution in [0.25, 0.3) is 0 Å². The second kappa shape index (κ2) is 8.28. The maximum Gasteiger partial charge on any atom is 0.222 e. The largest absolute Gasteiger partial charge is 0.390 e. The van der Waals surface area contributed by atoms with Crippen molar-refractivity contribution in [2.75, 3.05) is 13.1 Å². The van der Waals surface area contributed by atoms with Crippen LogP contribution in [0.4, 0.5) is 0 Å². The van der Waals surface area contributed by atoms with Crippen LogP contribution >= 0.6 is 11.3 Å². The Morgan fingerprint density at radius 1 is 1.42 bits per heavy atom. The van der Waals surface area contributed by atoms with E-state index in [1.165, 1.54) is 5.56 Å². The average Bonchev–Trinajstić information content (AvgIpc) is 3.20. The van der Waals surface area contributed by atoms with E-state index in [4.69, 9.17) is 0 Å². The fourth-order valence-electron chi connectivity index (χ4n) is 3.34. The van der Waals surface area contributed by atoms with Gasteiger partial charge in [-0.3, -0.25) is 14.4 Å². The molecule has 1 aliphatic rings. The topological polar surface area (TPSA) is 83.3 Å². The minimum atomic E-state index is -0.553. The van der Waals surface area contributed by atoms with E-state index in [1.54, 1.807) is 11.3 Å². The monoisotopic (exact) mass is 377 g/mol. The Balaban J connectivity index is 1.45. The molecule has 26 heavy (non-hydrogen) atoms. The Labute approximate surface area is 158 Å². The van der Waals surface area contributed by atoms with Crippen LogP contribution < -0.4 is 5.32 Å². The van der Waals surface area contributed by atoms with E-state index in [0.29, 0.717) is 19.5 Å². The lowest BCUT2D eigenvalue weighted by Crippen LogP contribution is -2.53. The van der Waals surface area contributed by atoms with Crippen LogP contribution in [0.5, 0.6) is 0 Å². The molecule has 0 saturated carbocycles. The van der Waals surface area contributed by atoms with Crippen LogP contribution in [0, 0.1) is 20.8 Å². The molecule has 2 N–H and O–H groups in total. The van der Waals surface area contributed by atoms with Crippen LogP contribution in [0.3, 0.4) is 0 Å². The summed E-state index contributed by atoms with van der Waals surface area (Å²) >= 11 is 1.58. The Hall–Kier alpha value is -1.77. The van der Waals surface area contributed by atoms with Gasteiger partial charge in [-0.25, -0.2) is 4.98 Å². The molecule has 3 heterocycles. The van der Waals surface area contributed by atoms with Gasteiger partial charge < -0.3 is 10.4 Å². The maximum absolute atomic E-state index is 12.3. The number of aliphatic hydroxyl groups is 1. The lowest BCUT2D eigenvalue weighted by molar-refractivity contribution is -0.123. The highest BCUT2D eigenvalue weighted by Crippen LogP contribution is 2.15. The van der Waals surface area contributed by atoms with Crippen molar-refractivity contribution in [3.05, 3.63) is 33.5 Å². The fourth-order valence-corrected chi connectivity index (χ4v) is 3.89. The third-order valence-corrected chi connectivity index (χ3v) is 5.81. The lowest BCUT2D eigenvalue weighted by atomic mass is 10.0. The second-order valence-electron chi connectivity index (χ2n) is 7.01. The van der Waals surface area contributed by atoms with E-state index in [9.17, 15) is 9.90 Å². The Morgan fingerprint density at radius 3 is 2.85 bits per heavy atom. The molecule has 0 radical (unpaired) electrons. The van der Waals surface area contributed by atoms with Gasteiger partial charge in [0.15, 0.2) is 0 Å². The minimum absolute atomic E-state index is 0.0350. The first kappa shape index (κ1) is 19.0. The molecule has 2 aromatic heterocycles. The zero-order valence-corrected chi connectivity index (χ0v) is 16.4. The molecule has 1 fully saturated rings. The average molecular weight is 378 g/mol. The van der Waals surface area contributed by atoms with Crippen molar-refractivity contribution in [2.24, 2.45) is 0 Å². The molecule has 1 saturated heterocycles. The number of aryl methyl sites for hydroxylation is 2. The molecular weight excluding hydrogens is 350 g/mol. The van der Waals surface area contributed by atoms with Crippen molar-refractivity contribution < 1.29 is 9.90 Å². The number of piperidine rings is 1. The molecule has 8 heteroatoms. The number of carbonyl (C=O) groups is 1. The second-order valence-corrected chi connectivity index (χ2v) is 7.73. The molecule has 0 aliphatic carbocycles. The van der Waals surface area contributed by atoms with Gasteiger partial charge in [0.25, 0.3) is 0 Å². The number of rotatable bonds is 6. The number of nitrogens with one attached hydrogen (secondary N) is 1. The molecule has 0 bridgehead atoms. The number of β-amino-alcohol motifs (C(OH)–C–C–N with tert-alkyl or cyclic N) is 1. The van der Waals surface area contributed by atoms with E-state index >= 15 is 0 Å². The van der Waals surface area contributed by atoms with Gasteiger partial charge in [-0.1, -0.05) is 0 Å². The highest BCUT2D eigenvalue weighted by Gasteiger charge is 2.29. The number of carbonyl (C=O) groups excluding carboxylic acids is 1. The number of nitrogens with zero attached hydrogens (tertiary/aromatic N) is 4. The summed E-state index contributed by atoms with van der Waals surface area (Å²) in [5, 5.41) is 19.9. The normalized spacial score (nSPS) is 21.1. The van der Waals surface area contributed by atoms with E-state index < -0.39 is 6.10 Å². The summed E-state index contributed by atoms with van der Waals surface area (Å²) in [6.45, 7) is 8.76. The highest BCUT2D eigenvalue weighted by atomic mass is 32.1. The molecule has 0 unspecified atom stereocenters. The Bertz CT molecular complexity index is 743. The van der Waals surface area contributed by atoms with E-state index in [-0.39, 0.29) is 11.9 Å². The zero-order valence-electron chi connectivity index (χ0n) is 15.6. The molecule has 2 atom stereocenters. The SMILES string of the molecule is Cc1nn(CCC(=O)N[C@@H]2CCN(Cc3cscn3)C[C@H]2O)c(C)c1C. The number of aliphatic hydroxyl groups excluding tert-OH is 1. The van der Waals surface area contributed by atoms with Crippen LogP contribution in [-0.4, -0.2) is 55.9 Å². The van der Waals surface area contributed by atoms with Gasteiger partial charge in [0.2, 0.25) is 5.91 Å². The van der Waals surface area contributed by atoms with Gasteiger partial charge in [-0.15, -0.1) is 11.3 Å². The first-order valence-corrected chi connectivity index (χ1v) is 9.95. The third kappa shape index (κ3) is 4.49. The van der Waals surface area contributed by atoms with E-state index in [0.717, 1.165) is 36.6 Å². The molecule has 0 aromatic carbocycles. The molecule has 7 nitrogen and oxygen atoms in total. The van der Waals surface area contributed by atoms with Gasteiger partial charge in [-0.2, -0.15) is 5.10 Å². The van der Waals surface area contributed by atoms with Crippen molar-refractivity contribution in [3.8, 4) is 0 Å². The summed E-state index contributed by atoms with van der Waals surface area (Å²) in [6.07, 6.45) is 0.561. The number of likely N-dealkylation sites (tertiary alicyclic amines) is 1. The maximum atomic E-state index is 12.3. The summed E-state index contributed by atoms with van der Waals surface area (Å²) < 4.78 is 1.89. The number of hydrogen-bond acceptors (Lipinski definition) is 6. The standard InChI is InChI=1S/C18H27N5O2S/c1-12-13(2)21-23(14(12)3)7-5-18(25)20-16-4-6-22(9-17(16)24)8-15-10-26-11-19-15/h10-11,16-17,24H,4-9H2,1-3H3,(H,20,25)/t16-,17-/m1/s1. The molecule has 1 amide bonds. The van der Waals surface area contributed by atoms with Crippen molar-refractivity contribution >= 4 is 17.2 Å². The Kier molecular flexibility index (Phi) is 6.05. The molecule has 1 aliphatic heterocycles. The predicted octanol–water partition coefficient (Wildman–Crippen LogP) is 1.41. The number of aromatic nitrogens is 3. The van der Waals surface area contributed by atoms with Crippen molar-refractivity contribution in [1.29, 1.82) is 0 Å². The van der Waals surface area contributed by atoms with Crippen molar-refractivity contribution in [3.63, 3.8) is 0 Å². The fraction of sp³-hybridized carbons (Fsp3) is 0.611. The van der Waals surface area contributed by atoms with Gasteiger partial charge in [0.1, 0.15) is 0 Å². The van der Waals surface area contributed by atoms with Gasteiger partial charge in [-0.05, 0) is 32.8 Å². The quantitative estimate of drug-likeness (QED) is 0.795. The lowest BCUT2D eigenvalue weighted by Gasteiger charge is -2.35. The predicted molar refractivity (Wildman–Crippen MR) is 101 cm³/mol. The zero-order chi connectivity index (χ0) is 18.7. The number of amides is 1. The summed E-state index contributed by atoms with van der Waals surface area (Å²) in [5.41, 5.74) is 6.14. The van der Waals surface area contributed by atoms with E-state index in [2.05, 4.69) is 20.3 Å². The summed E-state index contributed by atoms with van der Waals surface area (Å²) in [5.74, 6) is -0.0350. The number of thiazole rings is 1. The van der Waals surface area contributed by atoms with Gasteiger partial charge >= 0.3 is 0 Å². The van der Waals surface area contributed by atoms with Gasteiger partial charge in [0.05, 0.1) is 29.0 Å². The number of hydrogen-bond donors (Lipinski definition) is 2. The van der Waals surface area contributed by atoms with Crippen LogP contribution in [0.1, 0.15) is 35.5 Å². The minimum Gasteiger partial charge on any atom is -0.390 e. The first-order chi connectivity index (χ1) is 12.4. The van der Waals surface area contributed by atoms with Crippen LogP contribution in [0.2, 0.25) is 0 Å². The third-order valence-electron chi connectivity index (χ3n) is 5.18. The molecule has 0 spiro atoms. The summed E-state index contributed by atoms with van der Waals surface area (Å²) in [7, 11) is 0. The highest BCUT2D eigenvalue weighted by molar-refractivity contribution is 7.07. The Morgan fingerprint density at radius 2 is 2.23 bits per heavy atom. The van der Waals surface area contributed by atoms with Crippen molar-refractivity contribution in [2.45, 2.75) is 58.8 Å². The molecule has 142 valence electrons.